The van der Waals surface area contributed by atoms with E-state index in [0.29, 0.717) is 30.0 Å². The van der Waals surface area contributed by atoms with E-state index in [1.807, 2.05) is 45.0 Å². The first-order valence-electron chi connectivity index (χ1n) is 11.8. The number of ether oxygens (including phenoxy) is 1. The number of carbonyl (C=O) groups excluding carboxylic acids is 1. The predicted molar refractivity (Wildman–Crippen MR) is 135 cm³/mol. The lowest BCUT2D eigenvalue weighted by atomic mass is 9.67. The van der Waals surface area contributed by atoms with Gasteiger partial charge in [-0.1, -0.05) is 12.1 Å². The molecule has 1 saturated heterocycles. The van der Waals surface area contributed by atoms with Gasteiger partial charge in [-0.15, -0.1) is 0 Å². The third kappa shape index (κ3) is 4.11. The number of aromatic amines is 1. The molecule has 2 N–H and O–H groups in total. The molecule has 0 spiro atoms. The molecule has 1 saturated carbocycles. The van der Waals surface area contributed by atoms with Crippen LogP contribution in [0.3, 0.4) is 0 Å². The van der Waals surface area contributed by atoms with Gasteiger partial charge in [0.25, 0.3) is 0 Å². The zero-order valence-electron chi connectivity index (χ0n) is 19.8. The number of nitrogens with zero attached hydrogens (tertiary/aromatic N) is 6. The van der Waals surface area contributed by atoms with Gasteiger partial charge in [0.15, 0.2) is 5.65 Å². The Hall–Kier alpha value is -3.21. The average Bonchev–Trinajstić information content (AvgIpc) is 3.47. The van der Waals surface area contributed by atoms with Crippen molar-refractivity contribution in [3.05, 3.63) is 40.8 Å². The third-order valence-electron chi connectivity index (χ3n) is 6.72. The summed E-state index contributed by atoms with van der Waals surface area (Å²) in [5.74, 6) is 2.59. The molecule has 2 aliphatic rings. The Labute approximate surface area is 210 Å². The van der Waals surface area contributed by atoms with Crippen LogP contribution in [0.15, 0.2) is 34.9 Å². The second kappa shape index (κ2) is 8.18. The molecule has 0 radical (unpaired) electrons. The second-order valence-electron chi connectivity index (χ2n) is 10.3. The van der Waals surface area contributed by atoms with Gasteiger partial charge in [-0.05, 0) is 67.1 Å². The van der Waals surface area contributed by atoms with Gasteiger partial charge in [-0.25, -0.2) is 4.98 Å². The molecule has 10 nitrogen and oxygen atoms in total. The van der Waals surface area contributed by atoms with Gasteiger partial charge >= 0.3 is 5.97 Å². The van der Waals surface area contributed by atoms with E-state index in [9.17, 15) is 4.79 Å². The summed E-state index contributed by atoms with van der Waals surface area (Å²) in [6.07, 6.45) is 2.57. The first-order valence-corrected chi connectivity index (χ1v) is 12.6. The van der Waals surface area contributed by atoms with Crippen LogP contribution >= 0.6 is 15.9 Å². The number of esters is 1. The molecule has 1 aliphatic heterocycles. The van der Waals surface area contributed by atoms with Crippen molar-refractivity contribution in [2.24, 2.45) is 17.8 Å². The maximum atomic E-state index is 12.6. The van der Waals surface area contributed by atoms with Crippen molar-refractivity contribution in [2.75, 3.05) is 23.3 Å². The minimum absolute atomic E-state index is 0.0552. The van der Waals surface area contributed by atoms with E-state index in [-0.39, 0.29) is 17.8 Å². The van der Waals surface area contributed by atoms with Crippen LogP contribution in [-0.4, -0.2) is 54.2 Å². The minimum atomic E-state index is -0.469. The molecular formula is C24H27BrN8O2. The molecule has 4 aromatic rings. The van der Waals surface area contributed by atoms with Gasteiger partial charge in [-0.3, -0.25) is 4.79 Å². The number of benzene rings is 1. The molecule has 4 heterocycles. The number of hydrogen-bond acceptors (Lipinski definition) is 8. The first kappa shape index (κ1) is 22.3. The molecule has 1 aliphatic carbocycles. The van der Waals surface area contributed by atoms with Crippen molar-refractivity contribution in [3.8, 4) is 0 Å². The number of halogens is 1. The van der Waals surface area contributed by atoms with E-state index in [1.54, 1.807) is 10.7 Å². The number of H-pyrrole nitrogens is 1. The fourth-order valence-corrected chi connectivity index (χ4v) is 5.41. The lowest BCUT2D eigenvalue weighted by Gasteiger charge is -2.38. The van der Waals surface area contributed by atoms with E-state index < -0.39 is 5.60 Å². The summed E-state index contributed by atoms with van der Waals surface area (Å²) >= 11 is 3.56. The van der Waals surface area contributed by atoms with Crippen molar-refractivity contribution in [1.82, 2.24) is 29.5 Å². The number of anilines is 2. The Balaban J connectivity index is 1.23. The van der Waals surface area contributed by atoms with Crippen LogP contribution in [0.5, 0.6) is 0 Å². The third-order valence-corrected chi connectivity index (χ3v) is 7.28. The van der Waals surface area contributed by atoms with Crippen LogP contribution in [0.2, 0.25) is 0 Å². The van der Waals surface area contributed by atoms with E-state index in [1.165, 1.54) is 0 Å². The molecule has 0 amide bonds. The van der Waals surface area contributed by atoms with Gasteiger partial charge in [0, 0.05) is 13.1 Å². The first-order chi connectivity index (χ1) is 16.7. The average molecular weight is 539 g/mol. The van der Waals surface area contributed by atoms with Crippen LogP contribution in [0, 0.1) is 17.8 Å². The zero-order chi connectivity index (χ0) is 24.3. The highest BCUT2D eigenvalue weighted by Gasteiger charge is 2.52. The fraction of sp³-hybridized carbons (Fsp3) is 0.458. The van der Waals surface area contributed by atoms with Gasteiger partial charge in [0.2, 0.25) is 11.9 Å². The number of carbonyl (C=O) groups is 1. The maximum Gasteiger partial charge on any atom is 0.309 e. The minimum Gasteiger partial charge on any atom is -0.460 e. The van der Waals surface area contributed by atoms with Gasteiger partial charge in [-0.2, -0.15) is 19.6 Å². The summed E-state index contributed by atoms with van der Waals surface area (Å²) in [4.78, 5) is 32.4. The highest BCUT2D eigenvalue weighted by molar-refractivity contribution is 9.10. The fourth-order valence-electron chi connectivity index (χ4n) is 5.07. The van der Waals surface area contributed by atoms with Gasteiger partial charge < -0.3 is 19.9 Å². The zero-order valence-corrected chi connectivity index (χ0v) is 21.4. The van der Waals surface area contributed by atoms with Crippen LogP contribution in [-0.2, 0) is 16.1 Å². The van der Waals surface area contributed by atoms with Crippen molar-refractivity contribution in [1.29, 1.82) is 0 Å². The van der Waals surface area contributed by atoms with Crippen LogP contribution in [0.1, 0.15) is 33.0 Å². The molecule has 3 aromatic heterocycles. The highest BCUT2D eigenvalue weighted by atomic mass is 79.9. The largest absolute Gasteiger partial charge is 0.460 e. The number of nitrogens with one attached hydrogen (secondary N) is 2. The van der Waals surface area contributed by atoms with Gasteiger partial charge in [0.1, 0.15) is 11.4 Å². The smallest absolute Gasteiger partial charge is 0.309 e. The Morgan fingerprint density at radius 2 is 2.06 bits per heavy atom. The van der Waals surface area contributed by atoms with E-state index in [2.05, 4.69) is 41.2 Å². The van der Waals surface area contributed by atoms with Gasteiger partial charge in [0.05, 0.1) is 34.2 Å². The lowest BCUT2D eigenvalue weighted by Crippen LogP contribution is -2.43. The summed E-state index contributed by atoms with van der Waals surface area (Å²) in [5, 5.41) is 7.79. The Kier molecular flexibility index (Phi) is 5.21. The quantitative estimate of drug-likeness (QED) is 0.369. The van der Waals surface area contributed by atoms with Crippen molar-refractivity contribution in [3.63, 3.8) is 0 Å². The number of hydrogen-bond donors (Lipinski definition) is 2. The standard InChI is InChI=1S/C24H27BrN8O2/c1-24(2,3)35-21(34)14-8-13-11-32(12-15(13)14)23-30-20-16(25)9-27-33(20)22(31-23)26-10-19-28-17-6-4-5-7-18(17)29-19/h4-7,9,13-15H,8,10-12H2,1-3H3,(H,28,29)(H,26,30,31)/t13-,14?,15+/m1/s1. The molecule has 1 aromatic carbocycles. The Morgan fingerprint density at radius 1 is 1.23 bits per heavy atom. The lowest BCUT2D eigenvalue weighted by molar-refractivity contribution is -0.167. The number of fused-ring (bicyclic) bond motifs is 3. The van der Waals surface area contributed by atoms with Crippen molar-refractivity contribution in [2.45, 2.75) is 39.3 Å². The number of aromatic nitrogens is 6. The van der Waals surface area contributed by atoms with Crippen LogP contribution in [0.4, 0.5) is 11.9 Å². The molecule has 182 valence electrons. The molecule has 11 heteroatoms. The summed E-state index contributed by atoms with van der Waals surface area (Å²) in [5.41, 5.74) is 2.13. The number of imidazole rings is 1. The summed E-state index contributed by atoms with van der Waals surface area (Å²) < 4.78 is 8.12. The Morgan fingerprint density at radius 3 is 2.86 bits per heavy atom. The highest BCUT2D eigenvalue weighted by Crippen LogP contribution is 2.47. The molecule has 2 fully saturated rings. The van der Waals surface area contributed by atoms with E-state index in [4.69, 9.17) is 14.7 Å². The number of rotatable bonds is 5. The molecular weight excluding hydrogens is 512 g/mol. The normalized spacial score (nSPS) is 21.8. The van der Waals surface area contributed by atoms with Crippen LogP contribution < -0.4 is 10.2 Å². The summed E-state index contributed by atoms with van der Waals surface area (Å²) in [6.45, 7) is 7.76. The van der Waals surface area contributed by atoms with E-state index >= 15 is 0 Å². The monoisotopic (exact) mass is 538 g/mol. The van der Waals surface area contributed by atoms with Crippen molar-refractivity contribution < 1.29 is 9.53 Å². The topological polar surface area (TPSA) is 113 Å². The molecule has 3 atom stereocenters. The van der Waals surface area contributed by atoms with Crippen LogP contribution in [0.25, 0.3) is 16.7 Å². The summed E-state index contributed by atoms with van der Waals surface area (Å²) in [6, 6.07) is 7.94. The van der Waals surface area contributed by atoms with Crippen molar-refractivity contribution >= 4 is 50.5 Å². The SMILES string of the molecule is CC(C)(C)OC(=O)C1C[C@@H]2CN(c3nc(NCc4nc5ccccc5[nH]4)n4ncc(Br)c4n3)C[C@H]12. The maximum absolute atomic E-state index is 12.6. The predicted octanol–water partition coefficient (Wildman–Crippen LogP) is 3.79. The molecule has 6 rings (SSSR count). The number of para-hydroxylation sites is 2. The van der Waals surface area contributed by atoms with E-state index in [0.717, 1.165) is 40.8 Å². The molecule has 1 unspecified atom stereocenters. The summed E-state index contributed by atoms with van der Waals surface area (Å²) in [7, 11) is 0. The second-order valence-corrected chi connectivity index (χ2v) is 11.2. The Bertz CT molecular complexity index is 1390. The molecule has 35 heavy (non-hydrogen) atoms. The molecule has 0 bridgehead atoms.